The molecule has 3 aromatic rings. The zero-order valence-electron chi connectivity index (χ0n) is 15.7. The van der Waals surface area contributed by atoms with Crippen LogP contribution in [0.15, 0.2) is 72.8 Å². The summed E-state index contributed by atoms with van der Waals surface area (Å²) >= 11 is 0. The molecule has 0 saturated heterocycles. The predicted octanol–water partition coefficient (Wildman–Crippen LogP) is 3.19. The number of carbonyl (C=O) groups is 2. The standard InChI is InChI=1S/C24H21NO4/c25-22(13-15-9-11-16(26)12-10-15)23(27)24(28)29-14-21-19-7-3-1-5-17(19)18-6-2-4-8-20(18)21/h1-12,21-22,26H,13-14,25H2/t22-/m0/s1. The second-order valence-electron chi connectivity index (χ2n) is 7.17. The van der Waals surface area contributed by atoms with Crippen molar-refractivity contribution in [2.45, 2.75) is 18.4 Å². The van der Waals surface area contributed by atoms with Crippen molar-refractivity contribution in [2.24, 2.45) is 5.73 Å². The predicted molar refractivity (Wildman–Crippen MR) is 109 cm³/mol. The van der Waals surface area contributed by atoms with Crippen LogP contribution in [0.3, 0.4) is 0 Å². The molecule has 3 aromatic carbocycles. The smallest absolute Gasteiger partial charge is 0.376 e. The SMILES string of the molecule is N[C@@H](Cc1ccc(O)cc1)C(=O)C(=O)OCC1c2ccccc2-c2ccccc21. The number of rotatable bonds is 6. The molecule has 0 unspecified atom stereocenters. The first-order chi connectivity index (χ1) is 14.0. The average molecular weight is 387 g/mol. The largest absolute Gasteiger partial charge is 0.508 e. The fourth-order valence-corrected chi connectivity index (χ4v) is 3.80. The van der Waals surface area contributed by atoms with Gasteiger partial charge in [-0.05, 0) is 46.4 Å². The summed E-state index contributed by atoms with van der Waals surface area (Å²) in [6.07, 6.45) is 0.198. The van der Waals surface area contributed by atoms with Crippen molar-refractivity contribution in [3.05, 3.63) is 89.5 Å². The molecule has 146 valence electrons. The van der Waals surface area contributed by atoms with Crippen molar-refractivity contribution in [3.63, 3.8) is 0 Å². The fourth-order valence-electron chi connectivity index (χ4n) is 3.80. The van der Waals surface area contributed by atoms with E-state index >= 15 is 0 Å². The van der Waals surface area contributed by atoms with Gasteiger partial charge in [0.25, 0.3) is 5.78 Å². The van der Waals surface area contributed by atoms with Gasteiger partial charge in [-0.1, -0.05) is 60.7 Å². The van der Waals surface area contributed by atoms with E-state index in [-0.39, 0.29) is 24.7 Å². The van der Waals surface area contributed by atoms with Crippen LogP contribution < -0.4 is 5.73 Å². The van der Waals surface area contributed by atoms with E-state index in [4.69, 9.17) is 10.5 Å². The number of benzene rings is 3. The van der Waals surface area contributed by atoms with Crippen LogP contribution in [0, 0.1) is 0 Å². The van der Waals surface area contributed by atoms with Crippen LogP contribution in [-0.4, -0.2) is 29.5 Å². The number of phenols is 1. The molecule has 0 amide bonds. The van der Waals surface area contributed by atoms with Gasteiger partial charge in [0.2, 0.25) is 0 Å². The average Bonchev–Trinajstić information content (AvgIpc) is 3.07. The maximum absolute atomic E-state index is 12.4. The molecule has 0 aliphatic heterocycles. The number of hydrogen-bond donors (Lipinski definition) is 2. The Morgan fingerprint density at radius 3 is 2.03 bits per heavy atom. The Bertz CT molecular complexity index is 1010. The molecule has 0 heterocycles. The summed E-state index contributed by atoms with van der Waals surface area (Å²) in [5.41, 5.74) is 11.1. The number of nitrogens with two attached hydrogens (primary N) is 1. The van der Waals surface area contributed by atoms with Crippen molar-refractivity contribution in [3.8, 4) is 16.9 Å². The molecular weight excluding hydrogens is 366 g/mol. The first kappa shape index (κ1) is 18.9. The third-order valence-corrected chi connectivity index (χ3v) is 5.27. The lowest BCUT2D eigenvalue weighted by atomic mass is 9.98. The lowest BCUT2D eigenvalue weighted by Crippen LogP contribution is -2.39. The van der Waals surface area contributed by atoms with Crippen LogP contribution in [0.1, 0.15) is 22.6 Å². The molecule has 5 heteroatoms. The number of Topliss-reactive ketones (excluding diaryl/α,β-unsaturated/α-hetero) is 1. The second kappa shape index (κ2) is 7.89. The van der Waals surface area contributed by atoms with Crippen molar-refractivity contribution in [1.29, 1.82) is 0 Å². The molecule has 1 aliphatic carbocycles. The quantitative estimate of drug-likeness (QED) is 0.501. The summed E-state index contributed by atoms with van der Waals surface area (Å²) < 4.78 is 5.37. The van der Waals surface area contributed by atoms with Crippen molar-refractivity contribution >= 4 is 11.8 Å². The van der Waals surface area contributed by atoms with Crippen molar-refractivity contribution in [2.75, 3.05) is 6.61 Å². The van der Waals surface area contributed by atoms with Crippen LogP contribution >= 0.6 is 0 Å². The van der Waals surface area contributed by atoms with Gasteiger partial charge in [-0.3, -0.25) is 4.79 Å². The first-order valence-electron chi connectivity index (χ1n) is 9.47. The fraction of sp³-hybridized carbons (Fsp3) is 0.167. The van der Waals surface area contributed by atoms with Gasteiger partial charge in [0.15, 0.2) is 0 Å². The summed E-state index contributed by atoms with van der Waals surface area (Å²) in [4.78, 5) is 24.7. The highest BCUT2D eigenvalue weighted by Gasteiger charge is 2.31. The van der Waals surface area contributed by atoms with E-state index in [9.17, 15) is 14.7 Å². The van der Waals surface area contributed by atoms with E-state index in [1.807, 2.05) is 36.4 Å². The molecule has 0 fully saturated rings. The number of phenolic OH excluding ortho intramolecular Hbond substituents is 1. The van der Waals surface area contributed by atoms with E-state index in [0.717, 1.165) is 27.8 Å². The molecule has 1 atom stereocenters. The summed E-state index contributed by atoms with van der Waals surface area (Å²) in [5, 5.41) is 9.33. The maximum atomic E-state index is 12.4. The molecule has 1 aliphatic rings. The Morgan fingerprint density at radius 1 is 0.897 bits per heavy atom. The minimum Gasteiger partial charge on any atom is -0.508 e. The minimum absolute atomic E-state index is 0.0878. The van der Waals surface area contributed by atoms with Crippen molar-refractivity contribution in [1.82, 2.24) is 0 Å². The van der Waals surface area contributed by atoms with Crippen LogP contribution in [0.25, 0.3) is 11.1 Å². The molecular formula is C24H21NO4. The molecule has 0 spiro atoms. The lowest BCUT2D eigenvalue weighted by molar-refractivity contribution is -0.154. The van der Waals surface area contributed by atoms with Gasteiger partial charge in [-0.25, -0.2) is 4.79 Å². The number of esters is 1. The Balaban J connectivity index is 1.43. The Morgan fingerprint density at radius 2 is 1.45 bits per heavy atom. The maximum Gasteiger partial charge on any atom is 0.376 e. The van der Waals surface area contributed by atoms with Gasteiger partial charge in [0.1, 0.15) is 12.4 Å². The van der Waals surface area contributed by atoms with Crippen molar-refractivity contribution < 1.29 is 19.4 Å². The van der Waals surface area contributed by atoms with E-state index in [2.05, 4.69) is 12.1 Å². The molecule has 3 N–H and O–H groups in total. The molecule has 5 nitrogen and oxygen atoms in total. The molecule has 29 heavy (non-hydrogen) atoms. The highest BCUT2D eigenvalue weighted by molar-refractivity contribution is 6.35. The van der Waals surface area contributed by atoms with E-state index in [0.29, 0.717) is 0 Å². The third-order valence-electron chi connectivity index (χ3n) is 5.27. The number of ether oxygens (including phenoxy) is 1. The normalized spacial score (nSPS) is 13.4. The topological polar surface area (TPSA) is 89.6 Å². The highest BCUT2D eigenvalue weighted by atomic mass is 16.5. The Hall–Kier alpha value is -3.44. The number of aromatic hydroxyl groups is 1. The number of ketones is 1. The number of fused-ring (bicyclic) bond motifs is 3. The zero-order valence-corrected chi connectivity index (χ0v) is 15.7. The first-order valence-corrected chi connectivity index (χ1v) is 9.47. The van der Waals surface area contributed by atoms with Crippen LogP contribution in [-0.2, 0) is 20.7 Å². The molecule has 4 rings (SSSR count). The molecule has 0 bridgehead atoms. The van der Waals surface area contributed by atoms with Gasteiger partial charge < -0.3 is 15.6 Å². The molecule has 0 aromatic heterocycles. The summed E-state index contributed by atoms with van der Waals surface area (Å²) in [6, 6.07) is 21.4. The minimum atomic E-state index is -0.991. The number of carbonyl (C=O) groups excluding carboxylic acids is 2. The van der Waals surface area contributed by atoms with E-state index < -0.39 is 17.8 Å². The van der Waals surface area contributed by atoms with Crippen LogP contribution in [0.5, 0.6) is 5.75 Å². The lowest BCUT2D eigenvalue weighted by Gasteiger charge is -2.15. The third kappa shape index (κ3) is 3.77. The highest BCUT2D eigenvalue weighted by Crippen LogP contribution is 2.44. The molecule has 0 radical (unpaired) electrons. The Labute approximate surface area is 168 Å². The monoisotopic (exact) mass is 387 g/mol. The Kier molecular flexibility index (Phi) is 5.14. The number of hydrogen-bond acceptors (Lipinski definition) is 5. The van der Waals surface area contributed by atoms with Crippen LogP contribution in [0.2, 0.25) is 0 Å². The van der Waals surface area contributed by atoms with Crippen LogP contribution in [0.4, 0.5) is 0 Å². The van der Waals surface area contributed by atoms with Gasteiger partial charge in [-0.15, -0.1) is 0 Å². The van der Waals surface area contributed by atoms with E-state index in [1.165, 1.54) is 12.1 Å². The van der Waals surface area contributed by atoms with Gasteiger partial charge in [-0.2, -0.15) is 0 Å². The summed E-state index contributed by atoms with van der Waals surface area (Å²) in [5.74, 6) is -1.64. The summed E-state index contributed by atoms with van der Waals surface area (Å²) in [6.45, 7) is 0.0878. The molecule has 0 saturated carbocycles. The van der Waals surface area contributed by atoms with E-state index in [1.54, 1.807) is 12.1 Å². The second-order valence-corrected chi connectivity index (χ2v) is 7.17. The van der Waals surface area contributed by atoms with Gasteiger partial charge in [0, 0.05) is 5.92 Å². The zero-order chi connectivity index (χ0) is 20.4. The summed E-state index contributed by atoms with van der Waals surface area (Å²) in [7, 11) is 0. The van der Waals surface area contributed by atoms with Gasteiger partial charge in [0.05, 0.1) is 6.04 Å². The van der Waals surface area contributed by atoms with Gasteiger partial charge >= 0.3 is 5.97 Å².